The Balaban J connectivity index is 1.82. The molecule has 3 heterocycles. The average Bonchev–Trinajstić information content (AvgIpc) is 2.53. The van der Waals surface area contributed by atoms with Gasteiger partial charge in [0.25, 0.3) is 0 Å². The maximum absolute atomic E-state index is 9.12. The summed E-state index contributed by atoms with van der Waals surface area (Å²) in [5, 5.41) is 9.12. The lowest BCUT2D eigenvalue weighted by Crippen LogP contribution is -2.60. The van der Waals surface area contributed by atoms with E-state index < -0.39 is 0 Å². The van der Waals surface area contributed by atoms with Crippen LogP contribution in [0.5, 0.6) is 0 Å². The minimum absolute atomic E-state index is 0.0625. The minimum Gasteiger partial charge on any atom is -0.396 e. The molecule has 1 aliphatic heterocycles. The van der Waals surface area contributed by atoms with Gasteiger partial charge in [0.1, 0.15) is 23.3 Å². The molecule has 1 aliphatic rings. The van der Waals surface area contributed by atoms with Crippen LogP contribution in [0.2, 0.25) is 0 Å². The molecule has 0 aliphatic carbocycles. The van der Waals surface area contributed by atoms with Crippen LogP contribution in [-0.4, -0.2) is 56.8 Å². The lowest BCUT2D eigenvalue weighted by molar-refractivity contribution is 0.296. The van der Waals surface area contributed by atoms with Crippen LogP contribution < -0.4 is 9.80 Å². The Hall–Kier alpha value is -2.28. The number of aryl methyl sites for hydroxylation is 2. The third-order valence-corrected chi connectivity index (χ3v) is 4.48. The first-order valence-electron chi connectivity index (χ1n) is 8.67. The number of hydrogen-bond acceptors (Lipinski definition) is 7. The summed E-state index contributed by atoms with van der Waals surface area (Å²) in [6.07, 6.45) is 2.25. The number of piperazine rings is 1. The van der Waals surface area contributed by atoms with Crippen molar-refractivity contribution in [1.82, 2.24) is 19.9 Å². The van der Waals surface area contributed by atoms with Crippen LogP contribution in [0, 0.1) is 13.8 Å². The Morgan fingerprint density at radius 2 is 1.92 bits per heavy atom. The molecule has 7 heteroatoms. The molecule has 25 heavy (non-hydrogen) atoms. The Kier molecular flexibility index (Phi) is 4.85. The monoisotopic (exact) mass is 342 g/mol. The van der Waals surface area contributed by atoms with E-state index in [0.29, 0.717) is 12.2 Å². The molecule has 1 saturated heterocycles. The second-order valence-electron chi connectivity index (χ2n) is 7.11. The fraction of sp³-hybridized carbons (Fsp3) is 0.556. The van der Waals surface area contributed by atoms with Crippen molar-refractivity contribution in [3.05, 3.63) is 35.7 Å². The smallest absolute Gasteiger partial charge is 0.132 e. The molecule has 0 unspecified atom stereocenters. The molecule has 0 amide bonds. The number of aliphatic hydroxyl groups is 1. The van der Waals surface area contributed by atoms with Gasteiger partial charge in [0.05, 0.1) is 12.1 Å². The van der Waals surface area contributed by atoms with E-state index >= 15 is 0 Å². The summed E-state index contributed by atoms with van der Waals surface area (Å²) in [5.74, 6) is 3.39. The van der Waals surface area contributed by atoms with Crippen molar-refractivity contribution in [1.29, 1.82) is 0 Å². The van der Waals surface area contributed by atoms with Crippen molar-refractivity contribution in [2.45, 2.75) is 39.7 Å². The van der Waals surface area contributed by atoms with Crippen molar-refractivity contribution < 1.29 is 5.11 Å². The zero-order valence-corrected chi connectivity index (χ0v) is 15.4. The highest BCUT2D eigenvalue weighted by molar-refractivity contribution is 5.48. The highest BCUT2D eigenvalue weighted by atomic mass is 16.3. The molecule has 0 spiro atoms. The van der Waals surface area contributed by atoms with Crippen LogP contribution in [-0.2, 0) is 6.42 Å². The summed E-state index contributed by atoms with van der Waals surface area (Å²) in [6, 6.07) is 3.99. The number of anilines is 2. The Labute approximate surface area is 148 Å². The van der Waals surface area contributed by atoms with E-state index in [1.165, 1.54) is 0 Å². The number of rotatable bonds is 4. The fourth-order valence-corrected chi connectivity index (χ4v) is 3.39. The molecular formula is C18H26N6O. The van der Waals surface area contributed by atoms with Crippen LogP contribution >= 0.6 is 0 Å². The summed E-state index contributed by atoms with van der Waals surface area (Å²) < 4.78 is 0. The number of aliphatic hydroxyl groups excluding tert-OH is 1. The number of nitrogens with zero attached hydrogens (tertiary/aromatic N) is 6. The van der Waals surface area contributed by atoms with Gasteiger partial charge >= 0.3 is 0 Å². The number of aromatic nitrogens is 4. The largest absolute Gasteiger partial charge is 0.396 e. The highest BCUT2D eigenvalue weighted by Crippen LogP contribution is 2.28. The lowest BCUT2D eigenvalue weighted by Gasteiger charge is -2.48. The van der Waals surface area contributed by atoms with Gasteiger partial charge < -0.3 is 14.9 Å². The summed E-state index contributed by atoms with van der Waals surface area (Å²) in [5.41, 5.74) is 0.891. The molecule has 0 saturated carbocycles. The van der Waals surface area contributed by atoms with Gasteiger partial charge in [-0.2, -0.15) is 0 Å². The predicted molar refractivity (Wildman–Crippen MR) is 98.0 cm³/mol. The lowest BCUT2D eigenvalue weighted by atomic mass is 9.98. The minimum atomic E-state index is -0.101. The highest BCUT2D eigenvalue weighted by Gasteiger charge is 2.35. The van der Waals surface area contributed by atoms with E-state index in [1.54, 1.807) is 6.20 Å². The molecule has 7 nitrogen and oxygen atoms in total. The van der Waals surface area contributed by atoms with Crippen LogP contribution in [0.15, 0.2) is 18.3 Å². The van der Waals surface area contributed by atoms with Crippen molar-refractivity contribution in [3.63, 3.8) is 0 Å². The zero-order valence-electron chi connectivity index (χ0n) is 15.4. The molecule has 0 radical (unpaired) electrons. The second-order valence-corrected chi connectivity index (χ2v) is 7.11. The Morgan fingerprint density at radius 3 is 2.60 bits per heavy atom. The van der Waals surface area contributed by atoms with E-state index in [1.807, 2.05) is 26.0 Å². The van der Waals surface area contributed by atoms with Crippen molar-refractivity contribution in [3.8, 4) is 0 Å². The first kappa shape index (κ1) is 17.5. The van der Waals surface area contributed by atoms with Gasteiger partial charge in [0, 0.05) is 44.0 Å². The topological polar surface area (TPSA) is 78.3 Å². The van der Waals surface area contributed by atoms with Gasteiger partial charge in [0.15, 0.2) is 0 Å². The van der Waals surface area contributed by atoms with Crippen molar-refractivity contribution in [2.24, 2.45) is 0 Å². The van der Waals surface area contributed by atoms with Gasteiger partial charge in [-0.25, -0.2) is 19.9 Å². The van der Waals surface area contributed by atoms with Crippen molar-refractivity contribution >= 4 is 11.6 Å². The molecule has 2 aromatic heterocycles. The summed E-state index contributed by atoms with van der Waals surface area (Å²) in [6.45, 7) is 11.0. The molecule has 2 aromatic rings. The molecule has 0 aromatic carbocycles. The van der Waals surface area contributed by atoms with E-state index in [0.717, 1.165) is 42.8 Å². The van der Waals surface area contributed by atoms with Crippen LogP contribution in [0.3, 0.4) is 0 Å². The standard InChI is InChI=1S/C18H26N6O/c1-13-11-17(21-14(2)20-13)23-8-9-24(18(3,4)12-23)16-5-7-19-15(22-16)6-10-25/h5,7,11,25H,6,8-10,12H2,1-4H3. The summed E-state index contributed by atoms with van der Waals surface area (Å²) in [7, 11) is 0. The molecule has 0 atom stereocenters. The quantitative estimate of drug-likeness (QED) is 0.902. The van der Waals surface area contributed by atoms with Crippen molar-refractivity contribution in [2.75, 3.05) is 36.0 Å². The average molecular weight is 342 g/mol. The number of hydrogen-bond donors (Lipinski definition) is 1. The van der Waals surface area contributed by atoms with E-state index in [2.05, 4.69) is 43.6 Å². The second kappa shape index (κ2) is 6.92. The summed E-state index contributed by atoms with van der Waals surface area (Å²) in [4.78, 5) is 22.4. The van der Waals surface area contributed by atoms with Gasteiger partial charge in [-0.15, -0.1) is 0 Å². The molecule has 3 rings (SSSR count). The fourth-order valence-electron chi connectivity index (χ4n) is 3.39. The zero-order chi connectivity index (χ0) is 18.0. The normalized spacial score (nSPS) is 17.0. The SMILES string of the molecule is Cc1cc(N2CCN(c3ccnc(CCO)n3)C(C)(C)C2)nc(C)n1. The third-order valence-electron chi connectivity index (χ3n) is 4.48. The van der Waals surface area contributed by atoms with Crippen LogP contribution in [0.4, 0.5) is 11.6 Å². The maximum atomic E-state index is 9.12. The van der Waals surface area contributed by atoms with E-state index in [-0.39, 0.29) is 12.1 Å². The van der Waals surface area contributed by atoms with Gasteiger partial charge in [-0.1, -0.05) is 0 Å². The van der Waals surface area contributed by atoms with Gasteiger partial charge in [-0.05, 0) is 33.8 Å². The van der Waals surface area contributed by atoms with E-state index in [4.69, 9.17) is 5.11 Å². The van der Waals surface area contributed by atoms with E-state index in [9.17, 15) is 0 Å². The first-order valence-corrected chi connectivity index (χ1v) is 8.67. The maximum Gasteiger partial charge on any atom is 0.132 e. The molecule has 1 fully saturated rings. The predicted octanol–water partition coefficient (Wildman–Crippen LogP) is 1.52. The third kappa shape index (κ3) is 3.87. The van der Waals surface area contributed by atoms with Gasteiger partial charge in [-0.3, -0.25) is 0 Å². The first-order chi connectivity index (χ1) is 11.9. The van der Waals surface area contributed by atoms with Gasteiger partial charge in [0.2, 0.25) is 0 Å². The molecule has 1 N–H and O–H groups in total. The molecule has 0 bridgehead atoms. The van der Waals surface area contributed by atoms with Crippen LogP contribution in [0.25, 0.3) is 0 Å². The molecule has 134 valence electrons. The van der Waals surface area contributed by atoms with Crippen LogP contribution in [0.1, 0.15) is 31.2 Å². The Morgan fingerprint density at radius 1 is 1.12 bits per heavy atom. The summed E-state index contributed by atoms with van der Waals surface area (Å²) >= 11 is 0. The Bertz CT molecular complexity index is 728. The molecular weight excluding hydrogens is 316 g/mol.